The summed E-state index contributed by atoms with van der Waals surface area (Å²) in [5, 5.41) is 3.01. The molecule has 21 heavy (non-hydrogen) atoms. The Bertz CT molecular complexity index is 676. The van der Waals surface area contributed by atoms with Gasteiger partial charge in [0.2, 0.25) is 0 Å². The van der Waals surface area contributed by atoms with Gasteiger partial charge in [-0.1, -0.05) is 24.3 Å². The van der Waals surface area contributed by atoms with E-state index >= 15 is 0 Å². The van der Waals surface area contributed by atoms with Gasteiger partial charge in [0.25, 0.3) is 0 Å². The van der Waals surface area contributed by atoms with Crippen molar-refractivity contribution in [2.45, 2.75) is 18.4 Å². The summed E-state index contributed by atoms with van der Waals surface area (Å²) in [7, 11) is 1.68. The maximum absolute atomic E-state index is 6.51. The first kappa shape index (κ1) is 14.0. The van der Waals surface area contributed by atoms with Crippen molar-refractivity contribution in [2.75, 3.05) is 7.11 Å². The monoisotopic (exact) mass is 298 g/mol. The molecule has 2 aromatic rings. The quantitative estimate of drug-likeness (QED) is 0.938. The van der Waals surface area contributed by atoms with Crippen molar-refractivity contribution in [2.24, 2.45) is 5.73 Å². The van der Waals surface area contributed by atoms with E-state index in [0.29, 0.717) is 0 Å². The molecule has 0 fully saturated rings. The number of nitrogens with zero attached hydrogens (tertiary/aromatic N) is 1. The summed E-state index contributed by atoms with van der Waals surface area (Å²) in [4.78, 5) is 4.42. The van der Waals surface area contributed by atoms with E-state index in [9.17, 15) is 0 Å². The maximum atomic E-state index is 6.51. The molecule has 0 spiro atoms. The van der Waals surface area contributed by atoms with Crippen LogP contribution < -0.4 is 10.5 Å². The highest BCUT2D eigenvalue weighted by Crippen LogP contribution is 2.32. The van der Waals surface area contributed by atoms with E-state index in [1.165, 1.54) is 5.56 Å². The highest BCUT2D eigenvalue weighted by atomic mass is 32.1. The second-order valence-electron chi connectivity index (χ2n) is 5.26. The van der Waals surface area contributed by atoms with E-state index in [2.05, 4.69) is 29.3 Å². The minimum absolute atomic E-state index is 0.340. The summed E-state index contributed by atoms with van der Waals surface area (Å²) in [5.41, 5.74) is 8.48. The second kappa shape index (κ2) is 5.84. The lowest BCUT2D eigenvalue weighted by Crippen LogP contribution is -2.40. The Morgan fingerprint density at radius 2 is 2.29 bits per heavy atom. The highest BCUT2D eigenvalue weighted by molar-refractivity contribution is 7.13. The molecule has 3 rings (SSSR count). The topological polar surface area (TPSA) is 48.1 Å². The van der Waals surface area contributed by atoms with Gasteiger partial charge in [-0.3, -0.25) is 0 Å². The second-order valence-corrected chi connectivity index (χ2v) is 6.16. The zero-order chi connectivity index (χ0) is 14.7. The van der Waals surface area contributed by atoms with Crippen LogP contribution in [0.3, 0.4) is 0 Å². The smallest absolute Gasteiger partial charge is 0.123 e. The normalized spacial score (nSPS) is 20.7. The van der Waals surface area contributed by atoms with Crippen LogP contribution in [0.4, 0.5) is 0 Å². The van der Waals surface area contributed by atoms with Crippen molar-refractivity contribution in [3.8, 4) is 16.3 Å². The third kappa shape index (κ3) is 3.06. The molecule has 0 aliphatic heterocycles. The van der Waals surface area contributed by atoms with Crippen LogP contribution in [0.15, 0.2) is 54.1 Å². The molecule has 1 aliphatic carbocycles. The Labute approximate surface area is 128 Å². The van der Waals surface area contributed by atoms with Gasteiger partial charge in [-0.05, 0) is 36.6 Å². The van der Waals surface area contributed by atoms with Gasteiger partial charge in [-0.15, -0.1) is 11.3 Å². The Morgan fingerprint density at radius 1 is 1.38 bits per heavy atom. The van der Waals surface area contributed by atoms with E-state index in [1.54, 1.807) is 18.4 Å². The Hall–Kier alpha value is -1.91. The van der Waals surface area contributed by atoms with Crippen LogP contribution in [0.1, 0.15) is 12.0 Å². The Morgan fingerprint density at radius 3 is 2.95 bits per heavy atom. The molecule has 4 heteroatoms. The molecule has 0 bridgehead atoms. The highest BCUT2D eigenvalue weighted by Gasteiger charge is 2.24. The number of allylic oxidation sites excluding steroid dienone is 2. The number of rotatable bonds is 4. The van der Waals surface area contributed by atoms with Crippen molar-refractivity contribution in [1.82, 2.24) is 4.98 Å². The van der Waals surface area contributed by atoms with Crippen LogP contribution in [0.25, 0.3) is 10.6 Å². The van der Waals surface area contributed by atoms with Crippen LogP contribution in [0, 0.1) is 0 Å². The molecule has 1 atom stereocenters. The average Bonchev–Trinajstić information content (AvgIpc) is 3.01. The van der Waals surface area contributed by atoms with Gasteiger partial charge >= 0.3 is 0 Å². The number of hydrogen-bond donors (Lipinski definition) is 1. The largest absolute Gasteiger partial charge is 0.497 e. The lowest BCUT2D eigenvalue weighted by atomic mass is 9.84. The fourth-order valence-electron chi connectivity index (χ4n) is 2.58. The fourth-order valence-corrected chi connectivity index (χ4v) is 3.27. The molecular weight excluding hydrogens is 280 g/mol. The summed E-state index contributed by atoms with van der Waals surface area (Å²) in [5.74, 6) is 0.851. The van der Waals surface area contributed by atoms with Crippen LogP contribution in [0.5, 0.6) is 5.75 Å². The van der Waals surface area contributed by atoms with Crippen molar-refractivity contribution < 1.29 is 4.74 Å². The number of nitrogens with two attached hydrogens (primary N) is 1. The summed E-state index contributed by atoms with van der Waals surface area (Å²) in [6.45, 7) is 0. The minimum atomic E-state index is -0.340. The molecule has 2 N–H and O–H groups in total. The van der Waals surface area contributed by atoms with Gasteiger partial charge < -0.3 is 10.5 Å². The van der Waals surface area contributed by atoms with Crippen molar-refractivity contribution in [1.29, 1.82) is 0 Å². The van der Waals surface area contributed by atoms with E-state index in [0.717, 1.165) is 29.2 Å². The molecule has 108 valence electrons. The first-order chi connectivity index (χ1) is 10.2. The zero-order valence-electron chi connectivity index (χ0n) is 12.0. The van der Waals surface area contributed by atoms with E-state index < -0.39 is 0 Å². The van der Waals surface area contributed by atoms with E-state index in [-0.39, 0.29) is 5.54 Å². The lowest BCUT2D eigenvalue weighted by Gasteiger charge is -2.27. The molecule has 1 heterocycles. The molecule has 3 nitrogen and oxygen atoms in total. The first-order valence-electron chi connectivity index (χ1n) is 6.90. The van der Waals surface area contributed by atoms with Gasteiger partial charge in [0, 0.05) is 22.7 Å². The SMILES string of the molecule is COc1ccc(-c2nccs2)c(C[C@@]2(N)C=CC=CC2)c1. The average molecular weight is 298 g/mol. The van der Waals surface area contributed by atoms with Gasteiger partial charge in [0.1, 0.15) is 10.8 Å². The fraction of sp³-hybridized carbons (Fsp3) is 0.235. The van der Waals surface area contributed by atoms with Gasteiger partial charge in [0.15, 0.2) is 0 Å². The third-order valence-corrected chi connectivity index (χ3v) is 4.47. The van der Waals surface area contributed by atoms with E-state index in [4.69, 9.17) is 10.5 Å². The molecule has 0 saturated carbocycles. The summed E-state index contributed by atoms with van der Waals surface area (Å²) in [6, 6.07) is 6.11. The first-order valence-corrected chi connectivity index (χ1v) is 7.78. The summed E-state index contributed by atoms with van der Waals surface area (Å²) in [6.07, 6.45) is 11.7. The van der Waals surface area contributed by atoms with Crippen LogP contribution in [-0.4, -0.2) is 17.6 Å². The molecule has 0 radical (unpaired) electrons. The van der Waals surface area contributed by atoms with Crippen molar-refractivity contribution >= 4 is 11.3 Å². The molecule has 1 aromatic heterocycles. The number of thiazole rings is 1. The molecule has 0 unspecified atom stereocenters. The number of ether oxygens (including phenoxy) is 1. The standard InChI is InChI=1S/C17H18N2OS/c1-20-14-5-6-15(16-19-9-10-21-16)13(11-14)12-17(18)7-3-2-4-8-17/h2-7,9-11H,8,12,18H2,1H3/t17-/m1/s1. The van der Waals surface area contributed by atoms with Crippen molar-refractivity contribution in [3.63, 3.8) is 0 Å². The lowest BCUT2D eigenvalue weighted by molar-refractivity contribution is 0.413. The third-order valence-electron chi connectivity index (χ3n) is 3.67. The Kier molecular flexibility index (Phi) is 3.90. The predicted octanol–water partition coefficient (Wildman–Crippen LogP) is 3.57. The van der Waals surface area contributed by atoms with Gasteiger partial charge in [0.05, 0.1) is 7.11 Å². The van der Waals surface area contributed by atoms with Gasteiger partial charge in [-0.2, -0.15) is 0 Å². The predicted molar refractivity (Wildman–Crippen MR) is 87.6 cm³/mol. The molecular formula is C17H18N2OS. The van der Waals surface area contributed by atoms with Gasteiger partial charge in [-0.25, -0.2) is 4.98 Å². The molecule has 0 amide bonds. The van der Waals surface area contributed by atoms with Crippen LogP contribution in [0.2, 0.25) is 0 Å². The molecule has 0 saturated heterocycles. The van der Waals surface area contributed by atoms with Crippen LogP contribution >= 0.6 is 11.3 Å². The Balaban J connectivity index is 1.99. The number of methoxy groups -OCH3 is 1. The number of hydrogen-bond acceptors (Lipinski definition) is 4. The summed E-state index contributed by atoms with van der Waals surface area (Å²) >= 11 is 1.64. The zero-order valence-corrected chi connectivity index (χ0v) is 12.8. The number of aromatic nitrogens is 1. The van der Waals surface area contributed by atoms with E-state index in [1.807, 2.05) is 29.8 Å². The van der Waals surface area contributed by atoms with Crippen LogP contribution in [-0.2, 0) is 6.42 Å². The van der Waals surface area contributed by atoms with Crippen molar-refractivity contribution in [3.05, 3.63) is 59.6 Å². The molecule has 1 aromatic carbocycles. The molecule has 1 aliphatic rings. The number of benzene rings is 1. The minimum Gasteiger partial charge on any atom is -0.497 e. The maximum Gasteiger partial charge on any atom is 0.123 e. The summed E-state index contributed by atoms with van der Waals surface area (Å²) < 4.78 is 5.36.